The average molecular weight is 396 g/mol. The Hall–Kier alpha value is -3.12. The van der Waals surface area contributed by atoms with Crippen LogP contribution in [-0.4, -0.2) is 21.5 Å². The maximum Gasteiger partial charge on any atom is 0.141 e. The number of hydrogen-bond acceptors (Lipinski definition) is 4. The number of anilines is 3. The minimum atomic E-state index is -0.453. The lowest BCUT2D eigenvalue weighted by Gasteiger charge is -2.10. The van der Waals surface area contributed by atoms with Crippen LogP contribution in [0.15, 0.2) is 54.7 Å². The van der Waals surface area contributed by atoms with Crippen LogP contribution in [0.25, 0.3) is 10.9 Å². The Labute approximate surface area is 167 Å². The van der Waals surface area contributed by atoms with Gasteiger partial charge in [0.15, 0.2) is 0 Å². The lowest BCUT2D eigenvalue weighted by atomic mass is 10.1. The highest BCUT2D eigenvalue weighted by Crippen LogP contribution is 2.23. The number of hydrogen-bond donors (Lipinski definition) is 3. The molecule has 4 aromatic rings. The number of benzene rings is 2. The van der Waals surface area contributed by atoms with Crippen LogP contribution in [0, 0.1) is 12.7 Å². The fourth-order valence-electron chi connectivity index (χ4n) is 3.11. The van der Waals surface area contributed by atoms with Crippen molar-refractivity contribution in [3.63, 3.8) is 0 Å². The van der Waals surface area contributed by atoms with E-state index in [1.165, 1.54) is 23.1 Å². The van der Waals surface area contributed by atoms with Crippen LogP contribution in [0.3, 0.4) is 0 Å². The molecule has 0 atom stereocenters. The second kappa shape index (κ2) is 7.86. The van der Waals surface area contributed by atoms with Gasteiger partial charge in [-0.25, -0.2) is 14.4 Å². The van der Waals surface area contributed by atoms with Crippen molar-refractivity contribution in [1.29, 1.82) is 0 Å². The molecule has 3 N–H and O–H groups in total. The van der Waals surface area contributed by atoms with Gasteiger partial charge < -0.3 is 15.6 Å². The summed E-state index contributed by atoms with van der Waals surface area (Å²) in [5.41, 5.74) is 3.06. The summed E-state index contributed by atoms with van der Waals surface area (Å²) in [4.78, 5) is 12.1. The number of halogens is 2. The first-order chi connectivity index (χ1) is 13.6. The van der Waals surface area contributed by atoms with Gasteiger partial charge >= 0.3 is 0 Å². The molecule has 0 unspecified atom stereocenters. The summed E-state index contributed by atoms with van der Waals surface area (Å²) in [5, 5.41) is 7.78. The first-order valence-corrected chi connectivity index (χ1v) is 9.33. The van der Waals surface area contributed by atoms with Gasteiger partial charge in [-0.1, -0.05) is 29.8 Å². The van der Waals surface area contributed by atoms with Crippen molar-refractivity contribution in [2.24, 2.45) is 0 Å². The highest BCUT2D eigenvalue weighted by Gasteiger charge is 2.06. The molecular weight excluding hydrogens is 377 g/mol. The molecule has 0 bridgehead atoms. The van der Waals surface area contributed by atoms with E-state index < -0.39 is 5.82 Å². The van der Waals surface area contributed by atoms with E-state index in [1.54, 1.807) is 6.07 Å². The van der Waals surface area contributed by atoms with E-state index in [4.69, 9.17) is 11.6 Å². The monoisotopic (exact) mass is 395 g/mol. The Balaban J connectivity index is 1.44. The second-order valence-corrected chi connectivity index (χ2v) is 6.88. The van der Waals surface area contributed by atoms with Crippen molar-refractivity contribution in [2.45, 2.75) is 13.3 Å². The van der Waals surface area contributed by atoms with E-state index in [0.717, 1.165) is 24.3 Å². The quantitative estimate of drug-likeness (QED) is 0.405. The summed E-state index contributed by atoms with van der Waals surface area (Å²) in [6.45, 7) is 2.56. The molecule has 28 heavy (non-hydrogen) atoms. The molecule has 2 aromatic heterocycles. The molecule has 0 fully saturated rings. The van der Waals surface area contributed by atoms with E-state index in [0.29, 0.717) is 17.3 Å². The van der Waals surface area contributed by atoms with Gasteiger partial charge in [-0.3, -0.25) is 0 Å². The summed E-state index contributed by atoms with van der Waals surface area (Å²) in [7, 11) is 0. The first kappa shape index (κ1) is 18.3. The zero-order valence-electron chi connectivity index (χ0n) is 15.3. The van der Waals surface area contributed by atoms with Crippen LogP contribution in [0.5, 0.6) is 0 Å². The molecule has 0 saturated heterocycles. The minimum absolute atomic E-state index is 0.0628. The number of aromatic nitrogens is 3. The van der Waals surface area contributed by atoms with Crippen LogP contribution in [0.1, 0.15) is 11.4 Å². The van der Waals surface area contributed by atoms with E-state index in [2.05, 4.69) is 37.7 Å². The van der Waals surface area contributed by atoms with Gasteiger partial charge in [0.2, 0.25) is 0 Å². The van der Waals surface area contributed by atoms with Crippen LogP contribution in [0.4, 0.5) is 21.7 Å². The van der Waals surface area contributed by atoms with Crippen molar-refractivity contribution < 1.29 is 4.39 Å². The third-order valence-corrected chi connectivity index (χ3v) is 4.69. The molecule has 5 nitrogen and oxygen atoms in total. The number of nitrogens with one attached hydrogen (secondary N) is 3. The molecule has 0 aliphatic carbocycles. The topological polar surface area (TPSA) is 65.6 Å². The van der Waals surface area contributed by atoms with Crippen molar-refractivity contribution in [2.75, 3.05) is 17.2 Å². The lowest BCUT2D eigenvalue weighted by Crippen LogP contribution is -2.08. The number of aromatic amines is 1. The standard InChI is InChI=1S/C21H19ClFN5/c1-13-26-20(11-21(27-13)28-15-6-7-18(23)17(22)10-15)24-9-8-14-12-25-19-5-3-2-4-16(14)19/h2-7,10-12,25H,8-9H2,1H3,(H2,24,26,27,28). The summed E-state index contributed by atoms with van der Waals surface area (Å²) in [5.74, 6) is 1.52. The first-order valence-electron chi connectivity index (χ1n) is 8.95. The maximum absolute atomic E-state index is 13.3. The smallest absolute Gasteiger partial charge is 0.141 e. The van der Waals surface area contributed by atoms with Crippen LogP contribution >= 0.6 is 11.6 Å². The van der Waals surface area contributed by atoms with Crippen molar-refractivity contribution in [3.05, 3.63) is 77.0 Å². The highest BCUT2D eigenvalue weighted by atomic mass is 35.5. The van der Waals surface area contributed by atoms with E-state index in [1.807, 2.05) is 31.3 Å². The number of fused-ring (bicyclic) bond motifs is 1. The molecule has 0 spiro atoms. The fraction of sp³-hybridized carbons (Fsp3) is 0.143. The minimum Gasteiger partial charge on any atom is -0.370 e. The largest absolute Gasteiger partial charge is 0.370 e. The van der Waals surface area contributed by atoms with Gasteiger partial charge in [0, 0.05) is 35.4 Å². The Bertz CT molecular complexity index is 1120. The molecule has 0 radical (unpaired) electrons. The lowest BCUT2D eigenvalue weighted by molar-refractivity contribution is 0.628. The van der Waals surface area contributed by atoms with Gasteiger partial charge in [-0.2, -0.15) is 0 Å². The van der Waals surface area contributed by atoms with Gasteiger partial charge in [0.05, 0.1) is 5.02 Å². The highest BCUT2D eigenvalue weighted by molar-refractivity contribution is 6.31. The third-order valence-electron chi connectivity index (χ3n) is 4.41. The Kier molecular flexibility index (Phi) is 5.12. The van der Waals surface area contributed by atoms with Gasteiger partial charge in [0.1, 0.15) is 23.3 Å². The predicted molar refractivity (Wildman–Crippen MR) is 112 cm³/mol. The number of H-pyrrole nitrogens is 1. The van der Waals surface area contributed by atoms with Crippen molar-refractivity contribution >= 4 is 39.8 Å². The normalized spacial score (nSPS) is 11.0. The summed E-state index contributed by atoms with van der Waals surface area (Å²) >= 11 is 5.84. The molecule has 7 heteroatoms. The fourth-order valence-corrected chi connectivity index (χ4v) is 3.29. The van der Waals surface area contributed by atoms with Crippen LogP contribution in [0.2, 0.25) is 5.02 Å². The third kappa shape index (κ3) is 4.07. The molecule has 0 aliphatic rings. The van der Waals surface area contributed by atoms with Crippen LogP contribution < -0.4 is 10.6 Å². The zero-order valence-corrected chi connectivity index (χ0v) is 16.0. The molecule has 2 heterocycles. The molecule has 0 aliphatic heterocycles. The second-order valence-electron chi connectivity index (χ2n) is 6.48. The summed E-state index contributed by atoms with van der Waals surface area (Å²) in [6.07, 6.45) is 2.91. The van der Waals surface area contributed by atoms with E-state index in [-0.39, 0.29) is 5.02 Å². The molecule has 4 rings (SSSR count). The van der Waals surface area contributed by atoms with Crippen molar-refractivity contribution in [3.8, 4) is 0 Å². The summed E-state index contributed by atoms with van der Waals surface area (Å²) in [6, 6.07) is 14.5. The molecule has 142 valence electrons. The molecule has 2 aromatic carbocycles. The Morgan fingerprint density at radius 1 is 1.07 bits per heavy atom. The number of aryl methyl sites for hydroxylation is 1. The van der Waals surface area contributed by atoms with Gasteiger partial charge in [-0.05, 0) is 43.2 Å². The summed E-state index contributed by atoms with van der Waals surface area (Å²) < 4.78 is 13.3. The SMILES string of the molecule is Cc1nc(NCCc2c[nH]c3ccccc23)cc(Nc2ccc(F)c(Cl)c2)n1. The molecule has 0 amide bonds. The predicted octanol–water partition coefficient (Wildman–Crippen LogP) is 5.46. The average Bonchev–Trinajstić information content (AvgIpc) is 3.08. The number of para-hydroxylation sites is 1. The van der Waals surface area contributed by atoms with Gasteiger partial charge in [-0.15, -0.1) is 0 Å². The van der Waals surface area contributed by atoms with Crippen molar-refractivity contribution in [1.82, 2.24) is 15.0 Å². The van der Waals surface area contributed by atoms with E-state index in [9.17, 15) is 4.39 Å². The molecule has 0 saturated carbocycles. The number of rotatable bonds is 6. The zero-order chi connectivity index (χ0) is 19.5. The van der Waals surface area contributed by atoms with E-state index >= 15 is 0 Å². The molecular formula is C21H19ClFN5. The van der Waals surface area contributed by atoms with Gasteiger partial charge in [0.25, 0.3) is 0 Å². The Morgan fingerprint density at radius 3 is 2.75 bits per heavy atom. The maximum atomic E-state index is 13.3. The Morgan fingerprint density at radius 2 is 1.89 bits per heavy atom. The van der Waals surface area contributed by atoms with Crippen LogP contribution in [-0.2, 0) is 6.42 Å². The number of nitrogens with zero attached hydrogens (tertiary/aromatic N) is 2.